The summed E-state index contributed by atoms with van der Waals surface area (Å²) in [7, 11) is 1.92. The Morgan fingerprint density at radius 3 is 2.89 bits per heavy atom. The van der Waals surface area contributed by atoms with Crippen molar-refractivity contribution in [2.75, 3.05) is 0 Å². The summed E-state index contributed by atoms with van der Waals surface area (Å²) in [6.07, 6.45) is 1.63. The largest absolute Gasteiger partial charge is 0.484 e. The first-order valence-corrected chi connectivity index (χ1v) is 6.27. The molecule has 0 bridgehead atoms. The van der Waals surface area contributed by atoms with E-state index in [-0.39, 0.29) is 0 Å². The number of hydrogen-bond donors (Lipinski definition) is 0. The number of aromatic nitrogens is 3. The van der Waals surface area contributed by atoms with Crippen molar-refractivity contribution in [2.24, 2.45) is 7.05 Å². The average molecular weight is 274 g/mol. The molecule has 19 heavy (non-hydrogen) atoms. The van der Waals surface area contributed by atoms with Gasteiger partial charge in [0, 0.05) is 18.6 Å². The van der Waals surface area contributed by atoms with E-state index in [4.69, 9.17) is 16.3 Å². The van der Waals surface area contributed by atoms with Gasteiger partial charge in [0.05, 0.1) is 5.52 Å². The summed E-state index contributed by atoms with van der Waals surface area (Å²) in [4.78, 5) is 3.97. The molecule has 4 nitrogen and oxygen atoms in total. The Hall–Kier alpha value is -2.07. The van der Waals surface area contributed by atoms with Gasteiger partial charge < -0.3 is 4.74 Å². The van der Waals surface area contributed by atoms with Crippen LogP contribution < -0.4 is 4.74 Å². The number of fused-ring (bicyclic) bond motifs is 1. The molecule has 0 aliphatic carbocycles. The zero-order chi connectivity index (χ0) is 13.2. The van der Waals surface area contributed by atoms with Crippen LogP contribution in [0.3, 0.4) is 0 Å². The van der Waals surface area contributed by atoms with Gasteiger partial charge in [-0.15, -0.1) is 0 Å². The van der Waals surface area contributed by atoms with E-state index in [1.165, 1.54) is 0 Å². The number of rotatable bonds is 3. The molecule has 2 heterocycles. The minimum absolute atomic E-state index is 0.364. The van der Waals surface area contributed by atoms with Crippen LogP contribution in [0, 0.1) is 0 Å². The topological polar surface area (TPSA) is 39.9 Å². The van der Waals surface area contributed by atoms with Crippen LogP contribution in [-0.4, -0.2) is 14.8 Å². The molecule has 1 aromatic carbocycles. The van der Waals surface area contributed by atoms with Crippen molar-refractivity contribution in [2.45, 2.75) is 6.61 Å². The Labute approximate surface area is 115 Å². The van der Waals surface area contributed by atoms with E-state index >= 15 is 0 Å². The lowest BCUT2D eigenvalue weighted by Gasteiger charge is -2.05. The summed E-state index contributed by atoms with van der Waals surface area (Å²) < 4.78 is 7.52. The summed E-state index contributed by atoms with van der Waals surface area (Å²) in [6, 6.07) is 11.6. The first-order valence-electron chi connectivity index (χ1n) is 5.89. The predicted octanol–water partition coefficient (Wildman–Crippen LogP) is 3.20. The number of halogens is 1. The van der Waals surface area contributed by atoms with Gasteiger partial charge in [0.25, 0.3) is 0 Å². The SMILES string of the molecule is Cn1nc(COc2cccnc2Cl)c2ccccc21. The van der Waals surface area contributed by atoms with Gasteiger partial charge in [-0.1, -0.05) is 29.8 Å². The molecule has 0 spiro atoms. The van der Waals surface area contributed by atoms with Crippen molar-refractivity contribution in [3.05, 3.63) is 53.4 Å². The Morgan fingerprint density at radius 1 is 1.21 bits per heavy atom. The second-order valence-electron chi connectivity index (χ2n) is 4.17. The summed E-state index contributed by atoms with van der Waals surface area (Å²) >= 11 is 5.95. The molecule has 0 saturated heterocycles. The Kier molecular flexibility index (Phi) is 3.09. The summed E-state index contributed by atoms with van der Waals surface area (Å²) in [6.45, 7) is 0.368. The molecule has 0 unspecified atom stereocenters. The molecule has 0 aliphatic heterocycles. The molecule has 2 aromatic heterocycles. The summed E-state index contributed by atoms with van der Waals surface area (Å²) in [5.74, 6) is 0.568. The maximum absolute atomic E-state index is 5.95. The van der Waals surface area contributed by atoms with Crippen LogP contribution in [0.1, 0.15) is 5.69 Å². The van der Waals surface area contributed by atoms with E-state index in [9.17, 15) is 0 Å². The third-order valence-electron chi connectivity index (χ3n) is 2.92. The first kappa shape index (κ1) is 12.0. The molecule has 96 valence electrons. The van der Waals surface area contributed by atoms with Crippen molar-refractivity contribution in [1.82, 2.24) is 14.8 Å². The maximum Gasteiger partial charge on any atom is 0.171 e. The molecule has 0 fully saturated rings. The van der Waals surface area contributed by atoms with Crippen LogP contribution in [-0.2, 0) is 13.7 Å². The molecule has 5 heteroatoms. The van der Waals surface area contributed by atoms with Gasteiger partial charge in [0.1, 0.15) is 12.3 Å². The maximum atomic E-state index is 5.95. The Balaban J connectivity index is 1.88. The van der Waals surface area contributed by atoms with Crippen LogP contribution in [0.25, 0.3) is 10.9 Å². The lowest BCUT2D eigenvalue weighted by atomic mass is 10.2. The number of nitrogens with zero attached hydrogens (tertiary/aromatic N) is 3. The quantitative estimate of drug-likeness (QED) is 0.688. The monoisotopic (exact) mass is 273 g/mol. The number of aryl methyl sites for hydroxylation is 1. The van der Waals surface area contributed by atoms with Crippen molar-refractivity contribution in [1.29, 1.82) is 0 Å². The number of para-hydroxylation sites is 1. The van der Waals surface area contributed by atoms with Crippen LogP contribution in [0.15, 0.2) is 42.6 Å². The van der Waals surface area contributed by atoms with E-state index in [0.717, 1.165) is 16.6 Å². The fourth-order valence-corrected chi connectivity index (χ4v) is 2.19. The fourth-order valence-electron chi connectivity index (χ4n) is 2.02. The average Bonchev–Trinajstić information content (AvgIpc) is 2.75. The molecular formula is C14H12ClN3O. The highest BCUT2D eigenvalue weighted by atomic mass is 35.5. The smallest absolute Gasteiger partial charge is 0.171 e. The third kappa shape index (κ3) is 2.27. The molecule has 0 radical (unpaired) electrons. The third-order valence-corrected chi connectivity index (χ3v) is 3.21. The molecule has 0 N–H and O–H groups in total. The van der Waals surface area contributed by atoms with Crippen molar-refractivity contribution in [3.8, 4) is 5.75 Å². The van der Waals surface area contributed by atoms with E-state index < -0.39 is 0 Å². The Morgan fingerprint density at radius 2 is 2.05 bits per heavy atom. The van der Waals surface area contributed by atoms with Crippen molar-refractivity contribution >= 4 is 22.5 Å². The first-order chi connectivity index (χ1) is 9.25. The predicted molar refractivity (Wildman–Crippen MR) is 74.3 cm³/mol. The zero-order valence-corrected chi connectivity index (χ0v) is 11.1. The second-order valence-corrected chi connectivity index (χ2v) is 4.53. The molecular weight excluding hydrogens is 262 g/mol. The number of hydrogen-bond acceptors (Lipinski definition) is 3. The van der Waals surface area contributed by atoms with Crippen molar-refractivity contribution in [3.63, 3.8) is 0 Å². The standard InChI is InChI=1S/C14H12ClN3O/c1-18-12-6-3-2-5-10(12)11(17-18)9-19-13-7-4-8-16-14(13)15/h2-8H,9H2,1H3. The van der Waals surface area contributed by atoms with Crippen LogP contribution in [0.5, 0.6) is 5.75 Å². The highest BCUT2D eigenvalue weighted by Gasteiger charge is 2.09. The molecule has 3 rings (SSSR count). The van der Waals surface area contributed by atoms with Gasteiger partial charge in [-0.25, -0.2) is 4.98 Å². The van der Waals surface area contributed by atoms with Gasteiger partial charge in [-0.2, -0.15) is 5.10 Å². The van der Waals surface area contributed by atoms with Crippen LogP contribution >= 0.6 is 11.6 Å². The Bertz CT molecular complexity index is 724. The van der Waals surface area contributed by atoms with Gasteiger partial charge >= 0.3 is 0 Å². The molecule has 0 atom stereocenters. The highest BCUT2D eigenvalue weighted by Crippen LogP contribution is 2.23. The number of pyridine rings is 1. The molecule has 0 aliphatic rings. The normalized spacial score (nSPS) is 10.8. The van der Waals surface area contributed by atoms with Gasteiger partial charge in [-0.3, -0.25) is 4.68 Å². The summed E-state index contributed by atoms with van der Waals surface area (Å²) in [5.41, 5.74) is 1.97. The van der Waals surface area contributed by atoms with E-state index in [2.05, 4.69) is 10.1 Å². The highest BCUT2D eigenvalue weighted by molar-refractivity contribution is 6.30. The van der Waals surface area contributed by atoms with Gasteiger partial charge in [0.2, 0.25) is 0 Å². The van der Waals surface area contributed by atoms with Gasteiger partial charge in [0.15, 0.2) is 10.9 Å². The number of ether oxygens (including phenoxy) is 1. The molecule has 0 saturated carbocycles. The van der Waals surface area contributed by atoms with Gasteiger partial charge in [-0.05, 0) is 18.2 Å². The zero-order valence-electron chi connectivity index (χ0n) is 10.4. The van der Waals surface area contributed by atoms with E-state index in [0.29, 0.717) is 17.5 Å². The minimum atomic E-state index is 0.364. The van der Waals surface area contributed by atoms with Crippen LogP contribution in [0.2, 0.25) is 5.15 Å². The summed E-state index contributed by atoms with van der Waals surface area (Å²) in [5, 5.41) is 5.91. The van der Waals surface area contributed by atoms with E-state index in [1.807, 2.05) is 36.0 Å². The molecule has 0 amide bonds. The lowest BCUT2D eigenvalue weighted by molar-refractivity contribution is 0.300. The minimum Gasteiger partial charge on any atom is -0.484 e. The van der Waals surface area contributed by atoms with Crippen LogP contribution in [0.4, 0.5) is 0 Å². The van der Waals surface area contributed by atoms with E-state index in [1.54, 1.807) is 18.3 Å². The second kappa shape index (κ2) is 4.90. The fraction of sp³-hybridized carbons (Fsp3) is 0.143. The molecule has 3 aromatic rings. The number of benzene rings is 1. The van der Waals surface area contributed by atoms with Crippen molar-refractivity contribution < 1.29 is 4.74 Å². The lowest BCUT2D eigenvalue weighted by Crippen LogP contribution is -1.99.